The summed E-state index contributed by atoms with van der Waals surface area (Å²) >= 11 is 0. The van der Waals surface area contributed by atoms with E-state index in [1.165, 1.54) is 23.2 Å². The molecule has 0 aliphatic carbocycles. The van der Waals surface area contributed by atoms with Crippen LogP contribution in [0, 0.1) is 13.8 Å². The fraction of sp³-hybridized carbons (Fsp3) is 0.118. The van der Waals surface area contributed by atoms with Gasteiger partial charge in [0, 0.05) is 24.7 Å². The molecule has 0 aliphatic rings. The van der Waals surface area contributed by atoms with Crippen molar-refractivity contribution in [1.82, 2.24) is 14.5 Å². The van der Waals surface area contributed by atoms with Crippen LogP contribution in [0.25, 0.3) is 11.1 Å². The highest BCUT2D eigenvalue weighted by molar-refractivity contribution is 5.76. The summed E-state index contributed by atoms with van der Waals surface area (Å²) in [5.74, 6) is 0.480. The van der Waals surface area contributed by atoms with Gasteiger partial charge in [0.25, 0.3) is 0 Å². The molecule has 0 saturated carbocycles. The number of hydrogen-bond donors (Lipinski definition) is 1. The number of ether oxygens (including phenoxy) is 1. The summed E-state index contributed by atoms with van der Waals surface area (Å²) in [6.07, 6.45) is 5.55. The fourth-order valence-electron chi connectivity index (χ4n) is 2.28. The van der Waals surface area contributed by atoms with Gasteiger partial charge in [-0.3, -0.25) is 4.57 Å². The summed E-state index contributed by atoms with van der Waals surface area (Å²) in [6, 6.07) is 7.07. The third kappa shape index (κ3) is 3.06. The Kier molecular flexibility index (Phi) is 3.80. The molecule has 0 fully saturated rings. The highest BCUT2D eigenvalue weighted by atomic mass is 16.6. The zero-order valence-electron chi connectivity index (χ0n) is 12.7. The lowest BCUT2D eigenvalue weighted by Gasteiger charge is -2.06. The third-order valence-electron chi connectivity index (χ3n) is 3.47. The van der Waals surface area contributed by atoms with E-state index >= 15 is 0 Å². The minimum Gasteiger partial charge on any atom is -0.507 e. The van der Waals surface area contributed by atoms with Crippen LogP contribution in [0.3, 0.4) is 0 Å². The first-order chi connectivity index (χ1) is 11.0. The molecule has 3 rings (SSSR count). The molecule has 2 aromatic heterocycles. The van der Waals surface area contributed by atoms with Gasteiger partial charge in [0.05, 0.1) is 0 Å². The van der Waals surface area contributed by atoms with E-state index in [1.807, 2.05) is 32.0 Å². The number of phenols is 1. The van der Waals surface area contributed by atoms with E-state index in [9.17, 15) is 9.90 Å². The van der Waals surface area contributed by atoms with Crippen LogP contribution in [0.15, 0.2) is 49.2 Å². The Morgan fingerprint density at radius 1 is 1.17 bits per heavy atom. The van der Waals surface area contributed by atoms with Gasteiger partial charge in [-0.1, -0.05) is 0 Å². The normalized spacial score (nSPS) is 10.5. The zero-order chi connectivity index (χ0) is 16.4. The SMILES string of the molecule is Cc1cc(-c2ccn(C(=O)Oc3ccncn3)c2)cc(C)c1O. The first-order valence-electron chi connectivity index (χ1n) is 7.01. The van der Waals surface area contributed by atoms with Gasteiger partial charge in [-0.2, -0.15) is 0 Å². The van der Waals surface area contributed by atoms with Gasteiger partial charge >= 0.3 is 6.09 Å². The lowest BCUT2D eigenvalue weighted by atomic mass is 10.0. The molecule has 0 aliphatic heterocycles. The molecule has 1 N–H and O–H groups in total. The van der Waals surface area contributed by atoms with Crippen molar-refractivity contribution >= 4 is 6.09 Å². The molecule has 0 atom stereocenters. The fourth-order valence-corrected chi connectivity index (χ4v) is 2.28. The van der Waals surface area contributed by atoms with E-state index in [1.54, 1.807) is 12.4 Å². The zero-order valence-corrected chi connectivity index (χ0v) is 12.7. The number of carbonyl (C=O) groups is 1. The van der Waals surface area contributed by atoms with Crippen LogP contribution in [0.1, 0.15) is 11.1 Å². The van der Waals surface area contributed by atoms with Gasteiger partial charge in [-0.25, -0.2) is 14.8 Å². The highest BCUT2D eigenvalue weighted by Gasteiger charge is 2.11. The van der Waals surface area contributed by atoms with Crippen molar-refractivity contribution in [2.24, 2.45) is 0 Å². The molecular weight excluding hydrogens is 294 g/mol. The number of phenolic OH excluding ortho intramolecular Hbond substituents is 1. The summed E-state index contributed by atoms with van der Waals surface area (Å²) in [4.78, 5) is 19.7. The summed E-state index contributed by atoms with van der Waals surface area (Å²) in [5, 5.41) is 9.84. The van der Waals surface area contributed by atoms with Crippen LogP contribution < -0.4 is 4.74 Å². The van der Waals surface area contributed by atoms with Crippen molar-refractivity contribution in [3.63, 3.8) is 0 Å². The number of aryl methyl sites for hydroxylation is 2. The Hall–Kier alpha value is -3.15. The van der Waals surface area contributed by atoms with E-state index in [0.29, 0.717) is 0 Å². The van der Waals surface area contributed by atoms with Crippen LogP contribution in [0.5, 0.6) is 11.6 Å². The smallest absolute Gasteiger partial charge is 0.424 e. The molecule has 0 spiro atoms. The van der Waals surface area contributed by atoms with Gasteiger partial charge < -0.3 is 9.84 Å². The molecule has 23 heavy (non-hydrogen) atoms. The van der Waals surface area contributed by atoms with Crippen LogP contribution in [0.2, 0.25) is 0 Å². The van der Waals surface area contributed by atoms with Crippen molar-refractivity contribution in [2.75, 3.05) is 0 Å². The second-order valence-electron chi connectivity index (χ2n) is 5.18. The second kappa shape index (κ2) is 5.92. The predicted octanol–water partition coefficient (Wildman–Crippen LogP) is 3.31. The van der Waals surface area contributed by atoms with Gasteiger partial charge in [-0.05, 0) is 54.3 Å². The standard InChI is InChI=1S/C17H15N3O3/c1-11-7-14(8-12(2)16(11)21)13-4-6-20(9-13)17(22)23-15-3-5-18-10-19-15/h3-10,21H,1-2H3. The van der Waals surface area contributed by atoms with Gasteiger partial charge in [0.15, 0.2) is 0 Å². The molecule has 116 valence electrons. The minimum absolute atomic E-state index is 0.191. The highest BCUT2D eigenvalue weighted by Crippen LogP contribution is 2.29. The molecule has 3 aromatic rings. The number of hydrogen-bond acceptors (Lipinski definition) is 5. The number of aromatic hydroxyl groups is 1. The topological polar surface area (TPSA) is 77.2 Å². The third-order valence-corrected chi connectivity index (χ3v) is 3.47. The average Bonchev–Trinajstić information content (AvgIpc) is 3.03. The largest absolute Gasteiger partial charge is 0.507 e. The molecule has 0 unspecified atom stereocenters. The Morgan fingerprint density at radius 2 is 1.91 bits per heavy atom. The van der Waals surface area contributed by atoms with E-state index in [0.717, 1.165) is 22.3 Å². The summed E-state index contributed by atoms with van der Waals surface area (Å²) in [6.45, 7) is 3.68. The molecule has 0 bridgehead atoms. The number of carbonyl (C=O) groups excluding carboxylic acids is 1. The van der Waals surface area contributed by atoms with E-state index in [4.69, 9.17) is 4.74 Å². The summed E-state index contributed by atoms with van der Waals surface area (Å²) < 4.78 is 6.49. The Bertz CT molecular complexity index is 834. The van der Waals surface area contributed by atoms with E-state index < -0.39 is 6.09 Å². The maximum Gasteiger partial charge on any atom is 0.424 e. The quantitative estimate of drug-likeness (QED) is 0.785. The maximum absolute atomic E-state index is 12.1. The summed E-state index contributed by atoms with van der Waals surface area (Å²) in [7, 11) is 0. The van der Waals surface area contributed by atoms with Crippen LogP contribution in [-0.2, 0) is 0 Å². The first kappa shape index (κ1) is 14.8. The minimum atomic E-state index is -0.554. The van der Waals surface area contributed by atoms with E-state index in [2.05, 4.69) is 9.97 Å². The molecular formula is C17H15N3O3. The first-order valence-corrected chi connectivity index (χ1v) is 7.01. The number of rotatable bonds is 2. The molecule has 0 amide bonds. The molecule has 2 heterocycles. The summed E-state index contributed by atoms with van der Waals surface area (Å²) in [5.41, 5.74) is 3.36. The Labute approximate surface area is 133 Å². The van der Waals surface area contributed by atoms with Gasteiger partial charge in [-0.15, -0.1) is 0 Å². The van der Waals surface area contributed by atoms with Crippen molar-refractivity contribution in [2.45, 2.75) is 13.8 Å². The van der Waals surface area contributed by atoms with Crippen molar-refractivity contribution in [3.05, 3.63) is 60.3 Å². The number of aromatic nitrogens is 3. The molecule has 6 nitrogen and oxygen atoms in total. The van der Waals surface area contributed by atoms with E-state index in [-0.39, 0.29) is 11.6 Å². The van der Waals surface area contributed by atoms with Crippen molar-refractivity contribution in [3.8, 4) is 22.8 Å². The molecule has 0 saturated heterocycles. The van der Waals surface area contributed by atoms with Crippen molar-refractivity contribution in [1.29, 1.82) is 0 Å². The van der Waals surface area contributed by atoms with Crippen LogP contribution in [0.4, 0.5) is 4.79 Å². The van der Waals surface area contributed by atoms with Crippen LogP contribution >= 0.6 is 0 Å². The number of benzene rings is 1. The van der Waals surface area contributed by atoms with Crippen molar-refractivity contribution < 1.29 is 14.6 Å². The van der Waals surface area contributed by atoms with Crippen LogP contribution in [-0.4, -0.2) is 25.7 Å². The Balaban J connectivity index is 1.84. The monoisotopic (exact) mass is 309 g/mol. The molecule has 0 radical (unpaired) electrons. The lowest BCUT2D eigenvalue weighted by Crippen LogP contribution is -2.15. The van der Waals surface area contributed by atoms with Gasteiger partial charge in [0.1, 0.15) is 12.1 Å². The number of nitrogens with zero attached hydrogens (tertiary/aromatic N) is 3. The van der Waals surface area contributed by atoms with Gasteiger partial charge in [0.2, 0.25) is 5.88 Å². The second-order valence-corrected chi connectivity index (χ2v) is 5.18. The average molecular weight is 309 g/mol. The predicted molar refractivity (Wildman–Crippen MR) is 84.5 cm³/mol. The lowest BCUT2D eigenvalue weighted by molar-refractivity contribution is 0.200. The molecule has 6 heteroatoms. The Morgan fingerprint density at radius 3 is 2.57 bits per heavy atom. The maximum atomic E-state index is 12.1. The molecule has 1 aromatic carbocycles.